The largest absolute Gasteiger partial charge is 0.345 e. The van der Waals surface area contributed by atoms with Crippen LogP contribution in [-0.2, 0) is 14.4 Å². The second-order valence-corrected chi connectivity index (χ2v) is 11.6. The second kappa shape index (κ2) is 14.5. The number of hydrogen-bond donors (Lipinski definition) is 2. The molecule has 2 unspecified atom stereocenters. The standard InChI is InChI=1S/C35H38N6O3S/c1-4-40(5-2)18-19-41-29-16-9-8-14-27(29)32(28-15-10-11-17-36-28)38-33(35(41)44)39-34(43)23(3)37-31(42)22-26-20-24-12-6-7-13-25(24)21-30(26)45/h6-17,20-21,23,26,33H,4-5,18-19,22H2,1-3H3,(H,37,42)(H,39,43)/t23-,26?,33?/m0/s1. The third-order valence-corrected chi connectivity index (χ3v) is 8.57. The summed E-state index contributed by atoms with van der Waals surface area (Å²) in [5.74, 6) is -1.44. The van der Waals surface area contributed by atoms with E-state index in [2.05, 4.69) is 34.4 Å². The van der Waals surface area contributed by atoms with E-state index in [1.807, 2.05) is 78.9 Å². The summed E-state index contributed by atoms with van der Waals surface area (Å²) in [7, 11) is 0. The zero-order valence-electron chi connectivity index (χ0n) is 25.8. The quantitative estimate of drug-likeness (QED) is 0.318. The van der Waals surface area contributed by atoms with Crippen LogP contribution in [0.5, 0.6) is 0 Å². The van der Waals surface area contributed by atoms with E-state index in [0.29, 0.717) is 35.0 Å². The maximum Gasteiger partial charge on any atom is 0.272 e. The van der Waals surface area contributed by atoms with Crippen LogP contribution in [0.4, 0.5) is 5.69 Å². The number of fused-ring (bicyclic) bond motifs is 2. The van der Waals surface area contributed by atoms with Crippen molar-refractivity contribution in [3.05, 3.63) is 94.6 Å². The van der Waals surface area contributed by atoms with Gasteiger partial charge in [0.05, 0.1) is 17.1 Å². The van der Waals surface area contributed by atoms with Crippen LogP contribution in [0.25, 0.3) is 12.2 Å². The van der Waals surface area contributed by atoms with Crippen LogP contribution >= 0.6 is 12.2 Å². The molecule has 0 bridgehead atoms. The van der Waals surface area contributed by atoms with Crippen molar-refractivity contribution in [1.29, 1.82) is 0 Å². The van der Waals surface area contributed by atoms with Crippen molar-refractivity contribution in [2.75, 3.05) is 31.1 Å². The van der Waals surface area contributed by atoms with Crippen LogP contribution in [0.1, 0.15) is 38.4 Å². The molecule has 1 aliphatic heterocycles. The Morgan fingerprint density at radius 2 is 1.71 bits per heavy atom. The molecule has 2 aromatic carbocycles. The van der Waals surface area contributed by atoms with Gasteiger partial charge in [-0.2, -0.15) is 0 Å². The van der Waals surface area contributed by atoms with Gasteiger partial charge in [0.1, 0.15) is 6.04 Å². The van der Waals surface area contributed by atoms with Crippen molar-refractivity contribution in [1.82, 2.24) is 20.5 Å². The van der Waals surface area contributed by atoms with Gasteiger partial charge >= 0.3 is 0 Å². The monoisotopic (exact) mass is 622 g/mol. The van der Waals surface area contributed by atoms with Crippen molar-refractivity contribution in [3.63, 3.8) is 0 Å². The van der Waals surface area contributed by atoms with Crippen LogP contribution < -0.4 is 26.0 Å². The van der Waals surface area contributed by atoms with Gasteiger partial charge in [0.15, 0.2) is 0 Å². The highest BCUT2D eigenvalue weighted by Crippen LogP contribution is 2.27. The minimum absolute atomic E-state index is 0.111. The molecule has 0 saturated carbocycles. The first-order chi connectivity index (χ1) is 21.8. The predicted molar refractivity (Wildman–Crippen MR) is 181 cm³/mol. The van der Waals surface area contributed by atoms with E-state index in [0.717, 1.165) is 29.1 Å². The van der Waals surface area contributed by atoms with E-state index >= 15 is 0 Å². The van der Waals surface area contributed by atoms with E-state index in [1.54, 1.807) is 18.0 Å². The Labute approximate surface area is 268 Å². The van der Waals surface area contributed by atoms with Gasteiger partial charge < -0.3 is 20.4 Å². The van der Waals surface area contributed by atoms with E-state index in [1.165, 1.54) is 0 Å². The van der Waals surface area contributed by atoms with Gasteiger partial charge in [-0.25, -0.2) is 4.99 Å². The van der Waals surface area contributed by atoms with Crippen LogP contribution in [0.3, 0.4) is 0 Å². The Bertz CT molecular complexity index is 1740. The molecule has 45 heavy (non-hydrogen) atoms. The molecule has 0 saturated heterocycles. The van der Waals surface area contributed by atoms with Gasteiger partial charge in [-0.1, -0.05) is 80.7 Å². The molecular formula is C35H38N6O3S. The molecule has 0 fully saturated rings. The van der Waals surface area contributed by atoms with Crippen LogP contribution in [0.2, 0.25) is 0 Å². The lowest BCUT2D eigenvalue weighted by Gasteiger charge is -2.28. The van der Waals surface area contributed by atoms with Gasteiger partial charge in [-0.3, -0.25) is 19.4 Å². The average molecular weight is 623 g/mol. The summed E-state index contributed by atoms with van der Waals surface area (Å²) < 4.78 is 0. The van der Waals surface area contributed by atoms with Crippen molar-refractivity contribution < 1.29 is 14.4 Å². The summed E-state index contributed by atoms with van der Waals surface area (Å²) in [6, 6.07) is 20.0. The zero-order valence-corrected chi connectivity index (χ0v) is 26.6. The third-order valence-electron chi connectivity index (χ3n) is 8.14. The molecule has 0 spiro atoms. The summed E-state index contributed by atoms with van der Waals surface area (Å²) in [6.07, 6.45) is 4.47. The fourth-order valence-electron chi connectivity index (χ4n) is 5.58. The number of likely N-dealkylation sites (N-methyl/N-ethyl adjacent to an activating group) is 1. The number of benzodiazepines with no additional fused rings is 1. The van der Waals surface area contributed by atoms with Crippen LogP contribution in [0.15, 0.2) is 77.9 Å². The molecule has 3 aromatic rings. The highest BCUT2D eigenvalue weighted by Gasteiger charge is 2.34. The van der Waals surface area contributed by atoms with E-state index in [9.17, 15) is 14.4 Å². The smallest absolute Gasteiger partial charge is 0.272 e. The molecular weight excluding hydrogens is 584 g/mol. The number of anilines is 1. The summed E-state index contributed by atoms with van der Waals surface area (Å²) >= 11 is 5.55. The number of thiocarbonyl (C=S) groups is 1. The maximum absolute atomic E-state index is 14.1. The predicted octanol–water partition coefficient (Wildman–Crippen LogP) is 2.21. The Morgan fingerprint density at radius 1 is 1.00 bits per heavy atom. The Kier molecular flexibility index (Phi) is 10.3. The number of carbonyl (C=O) groups excluding carboxylic acids is 3. The molecule has 3 atom stereocenters. The number of amides is 3. The van der Waals surface area contributed by atoms with E-state index in [4.69, 9.17) is 17.2 Å². The lowest BCUT2D eigenvalue weighted by Crippen LogP contribution is -2.53. The first-order valence-corrected chi connectivity index (χ1v) is 15.7. The number of nitrogens with one attached hydrogen (secondary N) is 2. The molecule has 9 nitrogen and oxygen atoms in total. The lowest BCUT2D eigenvalue weighted by atomic mass is 9.94. The molecule has 5 rings (SSSR count). The topological polar surface area (TPSA) is 107 Å². The molecule has 2 heterocycles. The summed E-state index contributed by atoms with van der Waals surface area (Å²) in [5, 5.41) is 7.64. The highest BCUT2D eigenvalue weighted by atomic mass is 32.1. The maximum atomic E-state index is 14.1. The first-order valence-electron chi connectivity index (χ1n) is 15.3. The first kappa shape index (κ1) is 31.9. The summed E-state index contributed by atoms with van der Waals surface area (Å²) in [4.78, 5) is 54.5. The molecule has 10 heteroatoms. The zero-order chi connectivity index (χ0) is 31.9. The minimum atomic E-state index is -1.22. The van der Waals surface area contributed by atoms with Gasteiger partial charge in [0.25, 0.3) is 5.91 Å². The number of carbonyl (C=O) groups is 3. The Morgan fingerprint density at radius 3 is 2.44 bits per heavy atom. The number of aliphatic imine (C=N–C) groups is 1. The van der Waals surface area contributed by atoms with Crippen molar-refractivity contribution in [2.24, 2.45) is 10.9 Å². The molecule has 232 valence electrons. The molecule has 1 aromatic heterocycles. The highest BCUT2D eigenvalue weighted by molar-refractivity contribution is 7.81. The van der Waals surface area contributed by atoms with E-state index < -0.39 is 18.1 Å². The summed E-state index contributed by atoms with van der Waals surface area (Å²) in [6.45, 7) is 8.52. The summed E-state index contributed by atoms with van der Waals surface area (Å²) in [5.41, 5.74) is 2.54. The van der Waals surface area contributed by atoms with Gasteiger partial charge in [0.2, 0.25) is 18.0 Å². The van der Waals surface area contributed by atoms with Gasteiger partial charge in [-0.05, 0) is 54.7 Å². The Hall–Kier alpha value is -4.54. The number of nitrogens with zero attached hydrogens (tertiary/aromatic N) is 4. The van der Waals surface area contributed by atoms with Crippen molar-refractivity contribution >= 4 is 58.4 Å². The van der Waals surface area contributed by atoms with Crippen LogP contribution in [0, 0.1) is 5.92 Å². The molecule has 2 N–H and O–H groups in total. The number of pyridine rings is 1. The number of para-hydroxylation sites is 1. The number of benzene rings is 2. The SMILES string of the molecule is CCN(CC)CCN1C(=O)C(NC(=O)[C@H](C)NC(=O)CC2C=c3ccccc3=CC2=S)N=C(c2ccccn2)c2ccccc21. The average Bonchev–Trinajstić information content (AvgIpc) is 3.16. The Balaban J connectivity index is 1.36. The number of aromatic nitrogens is 1. The second-order valence-electron chi connectivity index (χ2n) is 11.1. The van der Waals surface area contributed by atoms with Gasteiger partial charge in [0, 0.05) is 42.1 Å². The lowest BCUT2D eigenvalue weighted by molar-refractivity contribution is -0.131. The molecule has 2 aliphatic rings. The van der Waals surface area contributed by atoms with Gasteiger partial charge in [-0.15, -0.1) is 0 Å². The number of hydrogen-bond acceptors (Lipinski definition) is 7. The molecule has 1 aliphatic carbocycles. The third kappa shape index (κ3) is 7.41. The molecule has 0 radical (unpaired) electrons. The normalized spacial score (nSPS) is 18.0. The number of rotatable bonds is 11. The minimum Gasteiger partial charge on any atom is -0.345 e. The van der Waals surface area contributed by atoms with E-state index in [-0.39, 0.29) is 24.2 Å². The van der Waals surface area contributed by atoms with Crippen molar-refractivity contribution in [2.45, 2.75) is 39.4 Å². The fraction of sp³-hybridized carbons (Fsp3) is 0.314. The molecule has 3 amide bonds. The van der Waals surface area contributed by atoms with Crippen molar-refractivity contribution in [3.8, 4) is 0 Å². The fourth-order valence-corrected chi connectivity index (χ4v) is 5.86. The van der Waals surface area contributed by atoms with Crippen LogP contribution in [-0.4, -0.2) is 76.6 Å².